The number of nitrogens with zero attached hydrogens (tertiary/aromatic N) is 2. The molecule has 1 amide bonds. The summed E-state index contributed by atoms with van der Waals surface area (Å²) in [7, 11) is 0. The van der Waals surface area contributed by atoms with Gasteiger partial charge in [0.15, 0.2) is 12.4 Å². The molecule has 0 aliphatic heterocycles. The van der Waals surface area contributed by atoms with Crippen molar-refractivity contribution in [1.82, 2.24) is 25.3 Å². The largest absolute Gasteiger partial charge is 0.345 e. The molecule has 0 bridgehead atoms. The second kappa shape index (κ2) is 6.98. The highest BCUT2D eigenvalue weighted by Crippen LogP contribution is 2.47. The van der Waals surface area contributed by atoms with E-state index in [9.17, 15) is 9.59 Å². The standard InChI is InChI=1S/C24H16N6O2/c31-23(18-9-11-26-24(32)29-18)30-21-14-5-2-1-4-13(14)20-15(21)6-3-7-16(20)22-27-17-8-10-25-12-19(17)28-22/h1-12,21H,(H,27,28)(H,30,31)(H,26,29,32)/p+1. The van der Waals surface area contributed by atoms with E-state index in [1.54, 1.807) is 0 Å². The molecule has 0 fully saturated rings. The molecule has 6 rings (SSSR count). The van der Waals surface area contributed by atoms with Crippen molar-refractivity contribution < 1.29 is 9.78 Å². The molecule has 8 nitrogen and oxygen atoms in total. The Morgan fingerprint density at radius 1 is 0.969 bits per heavy atom. The zero-order valence-corrected chi connectivity index (χ0v) is 16.7. The number of fused-ring (bicyclic) bond motifs is 4. The summed E-state index contributed by atoms with van der Waals surface area (Å²) in [6.07, 6.45) is 5.04. The SMILES string of the molecule is O=C(NC1c2ccccc2-c2c(-c3nc4cc[nH+]cc4[nH]3)cccc21)c1ccnc(=O)[nH]1. The molecule has 1 unspecified atom stereocenters. The van der Waals surface area contributed by atoms with Crippen molar-refractivity contribution in [2.24, 2.45) is 0 Å². The summed E-state index contributed by atoms with van der Waals surface area (Å²) >= 11 is 0. The number of hydrogen-bond acceptors (Lipinski definition) is 4. The molecule has 0 saturated heterocycles. The lowest BCUT2D eigenvalue weighted by molar-refractivity contribution is -0.376. The first-order valence-corrected chi connectivity index (χ1v) is 10.1. The number of nitrogens with one attached hydrogen (secondary N) is 4. The number of aromatic amines is 3. The number of hydrogen-bond donors (Lipinski definition) is 3. The molecular weight excluding hydrogens is 404 g/mol. The van der Waals surface area contributed by atoms with Gasteiger partial charge in [0, 0.05) is 17.8 Å². The highest BCUT2D eigenvalue weighted by atomic mass is 16.2. The maximum Gasteiger partial charge on any atom is 0.345 e. The van der Waals surface area contributed by atoms with Gasteiger partial charge in [-0.2, -0.15) is 0 Å². The topological polar surface area (TPSA) is 118 Å². The van der Waals surface area contributed by atoms with Gasteiger partial charge in [-0.05, 0) is 28.3 Å². The van der Waals surface area contributed by atoms with Crippen LogP contribution >= 0.6 is 0 Å². The lowest BCUT2D eigenvalue weighted by Crippen LogP contribution is -2.30. The van der Waals surface area contributed by atoms with Crippen LogP contribution in [0.4, 0.5) is 0 Å². The average Bonchev–Trinajstić information content (AvgIpc) is 3.39. The molecule has 8 heteroatoms. The molecule has 0 saturated carbocycles. The van der Waals surface area contributed by atoms with Gasteiger partial charge in [-0.1, -0.05) is 42.5 Å². The van der Waals surface area contributed by atoms with Crippen molar-refractivity contribution >= 4 is 16.9 Å². The number of H-pyrrole nitrogens is 3. The molecule has 1 aliphatic carbocycles. The van der Waals surface area contributed by atoms with Gasteiger partial charge in [0.1, 0.15) is 22.6 Å². The van der Waals surface area contributed by atoms with Crippen LogP contribution in [0.5, 0.6) is 0 Å². The summed E-state index contributed by atoms with van der Waals surface area (Å²) in [5.74, 6) is 0.388. The Balaban J connectivity index is 1.49. The first kappa shape index (κ1) is 18.2. The molecule has 2 aromatic carbocycles. The van der Waals surface area contributed by atoms with Gasteiger partial charge in [0.2, 0.25) is 0 Å². The predicted molar refractivity (Wildman–Crippen MR) is 118 cm³/mol. The molecule has 0 radical (unpaired) electrons. The van der Waals surface area contributed by atoms with E-state index in [0.29, 0.717) is 0 Å². The van der Waals surface area contributed by atoms with Crippen molar-refractivity contribution in [3.05, 3.63) is 100 Å². The minimum Gasteiger partial charge on any atom is -0.340 e. The summed E-state index contributed by atoms with van der Waals surface area (Å²) in [6, 6.07) is 17.0. The maximum absolute atomic E-state index is 12.9. The molecule has 154 valence electrons. The van der Waals surface area contributed by atoms with E-state index in [-0.39, 0.29) is 17.6 Å². The number of amides is 1. The molecule has 3 heterocycles. The van der Waals surface area contributed by atoms with Crippen molar-refractivity contribution in [3.8, 4) is 22.5 Å². The number of carbonyl (C=O) groups excluding carboxylic acids is 1. The molecule has 5 aromatic rings. The number of carbonyl (C=O) groups is 1. The minimum absolute atomic E-state index is 0.167. The van der Waals surface area contributed by atoms with Gasteiger partial charge in [-0.3, -0.25) is 4.79 Å². The third kappa shape index (κ3) is 2.81. The molecule has 1 atom stereocenters. The lowest BCUT2D eigenvalue weighted by atomic mass is 9.99. The molecule has 4 N–H and O–H groups in total. The van der Waals surface area contributed by atoms with Gasteiger partial charge < -0.3 is 15.3 Å². The summed E-state index contributed by atoms with van der Waals surface area (Å²) in [5.41, 5.74) is 6.38. The van der Waals surface area contributed by atoms with Crippen LogP contribution < -0.4 is 16.0 Å². The third-order valence-electron chi connectivity index (χ3n) is 5.72. The van der Waals surface area contributed by atoms with Crippen molar-refractivity contribution in [2.75, 3.05) is 0 Å². The summed E-state index contributed by atoms with van der Waals surface area (Å²) in [5, 5.41) is 3.07. The zero-order chi connectivity index (χ0) is 21.7. The second-order valence-electron chi connectivity index (χ2n) is 7.58. The first-order valence-electron chi connectivity index (χ1n) is 10.1. The molecule has 32 heavy (non-hydrogen) atoms. The fraction of sp³-hybridized carbons (Fsp3) is 0.0417. The van der Waals surface area contributed by atoms with Gasteiger partial charge >= 0.3 is 5.69 Å². The van der Waals surface area contributed by atoms with Gasteiger partial charge in [0.05, 0.1) is 6.04 Å². The zero-order valence-electron chi connectivity index (χ0n) is 16.7. The van der Waals surface area contributed by atoms with Crippen molar-refractivity contribution in [1.29, 1.82) is 0 Å². The van der Waals surface area contributed by atoms with Crippen LogP contribution in [0.15, 0.2) is 78.0 Å². The Bertz CT molecular complexity index is 1540. The first-order chi connectivity index (χ1) is 15.7. The van der Waals surface area contributed by atoms with Gasteiger partial charge in [-0.25, -0.2) is 19.7 Å². The van der Waals surface area contributed by atoms with Crippen molar-refractivity contribution in [2.45, 2.75) is 6.04 Å². The van der Waals surface area contributed by atoms with Crippen molar-refractivity contribution in [3.63, 3.8) is 0 Å². The summed E-state index contributed by atoms with van der Waals surface area (Å²) in [6.45, 7) is 0. The lowest BCUT2D eigenvalue weighted by Gasteiger charge is -2.16. The maximum atomic E-state index is 12.9. The van der Waals surface area contributed by atoms with E-state index < -0.39 is 5.69 Å². The monoisotopic (exact) mass is 421 g/mol. The predicted octanol–water partition coefficient (Wildman–Crippen LogP) is 2.63. The highest BCUT2D eigenvalue weighted by molar-refractivity contribution is 5.96. The van der Waals surface area contributed by atoms with Crippen LogP contribution in [0.25, 0.3) is 33.5 Å². The second-order valence-corrected chi connectivity index (χ2v) is 7.58. The summed E-state index contributed by atoms with van der Waals surface area (Å²) in [4.78, 5) is 41.7. The number of aromatic nitrogens is 5. The smallest absolute Gasteiger partial charge is 0.340 e. The Hall–Kier alpha value is -4.59. The highest BCUT2D eigenvalue weighted by Gasteiger charge is 2.32. The summed E-state index contributed by atoms with van der Waals surface area (Å²) < 4.78 is 0. The van der Waals surface area contributed by atoms with Crippen LogP contribution in [-0.2, 0) is 0 Å². The van der Waals surface area contributed by atoms with E-state index in [0.717, 1.165) is 44.7 Å². The fourth-order valence-corrected chi connectivity index (χ4v) is 4.34. The van der Waals surface area contributed by atoms with Gasteiger partial charge in [0.25, 0.3) is 5.91 Å². The van der Waals surface area contributed by atoms with E-state index in [2.05, 4.69) is 31.3 Å². The number of rotatable bonds is 3. The molecule has 0 spiro atoms. The molecule has 3 aromatic heterocycles. The van der Waals surface area contributed by atoms with E-state index >= 15 is 0 Å². The van der Waals surface area contributed by atoms with Crippen LogP contribution in [0, 0.1) is 0 Å². The minimum atomic E-state index is -0.561. The third-order valence-corrected chi connectivity index (χ3v) is 5.72. The Morgan fingerprint density at radius 2 is 1.81 bits per heavy atom. The Kier molecular flexibility index (Phi) is 3.97. The van der Waals surface area contributed by atoms with Crippen LogP contribution in [-0.4, -0.2) is 25.8 Å². The van der Waals surface area contributed by atoms with Crippen LogP contribution in [0.2, 0.25) is 0 Å². The molecular formula is C24H17N6O2+. The van der Waals surface area contributed by atoms with Crippen LogP contribution in [0.3, 0.4) is 0 Å². The number of imidazole rings is 1. The van der Waals surface area contributed by atoms with E-state index in [1.807, 2.05) is 54.9 Å². The fourth-order valence-electron chi connectivity index (χ4n) is 4.34. The normalized spacial score (nSPS) is 14.2. The Labute approximate surface area is 181 Å². The van der Waals surface area contributed by atoms with E-state index in [4.69, 9.17) is 4.98 Å². The molecule has 1 aliphatic rings. The number of pyridine rings is 1. The van der Waals surface area contributed by atoms with Gasteiger partial charge in [-0.15, -0.1) is 0 Å². The number of benzene rings is 2. The quantitative estimate of drug-likeness (QED) is 0.415. The Morgan fingerprint density at radius 3 is 2.69 bits per heavy atom. The van der Waals surface area contributed by atoms with Crippen LogP contribution in [0.1, 0.15) is 27.7 Å². The van der Waals surface area contributed by atoms with E-state index in [1.165, 1.54) is 12.3 Å². The average molecular weight is 421 g/mol.